The highest BCUT2D eigenvalue weighted by Gasteiger charge is 2.37. The maximum atomic E-state index is 11.5. The third-order valence-corrected chi connectivity index (χ3v) is 2.79. The third-order valence-electron chi connectivity index (χ3n) is 2.79. The van der Waals surface area contributed by atoms with Gasteiger partial charge in [0.15, 0.2) is 0 Å². The average Bonchev–Trinajstić information content (AvgIpc) is 2.51. The number of methoxy groups -OCH3 is 2. The van der Waals surface area contributed by atoms with E-state index in [2.05, 4.69) is 9.47 Å². The highest BCUT2D eigenvalue weighted by atomic mass is 16.5. The fourth-order valence-electron chi connectivity index (χ4n) is 2.14. The van der Waals surface area contributed by atoms with Gasteiger partial charge in [0.2, 0.25) is 0 Å². The van der Waals surface area contributed by atoms with E-state index >= 15 is 0 Å². The lowest BCUT2D eigenvalue weighted by Crippen LogP contribution is -2.15. The van der Waals surface area contributed by atoms with Crippen LogP contribution in [0.2, 0.25) is 0 Å². The second-order valence-corrected chi connectivity index (χ2v) is 3.85. The SMILES string of the molecule is COC(=O)C1=C(C(=O)OC)C(C)CC1C. The standard InChI is InChI=1S/C11H16O4/c1-6-5-7(2)9(11(13)15-4)8(6)10(12)14-3/h6-7H,5H2,1-4H3. The highest BCUT2D eigenvalue weighted by Crippen LogP contribution is 2.37. The van der Waals surface area contributed by atoms with Gasteiger partial charge in [0.05, 0.1) is 25.4 Å². The van der Waals surface area contributed by atoms with Crippen molar-refractivity contribution in [3.63, 3.8) is 0 Å². The topological polar surface area (TPSA) is 52.6 Å². The van der Waals surface area contributed by atoms with Crippen molar-refractivity contribution in [1.29, 1.82) is 0 Å². The van der Waals surface area contributed by atoms with E-state index in [1.54, 1.807) is 0 Å². The van der Waals surface area contributed by atoms with Gasteiger partial charge < -0.3 is 9.47 Å². The molecule has 84 valence electrons. The molecule has 0 aromatic heterocycles. The summed E-state index contributed by atoms with van der Waals surface area (Å²) in [5.41, 5.74) is 0.939. The summed E-state index contributed by atoms with van der Waals surface area (Å²) in [5.74, 6) is -0.734. The molecule has 0 aliphatic heterocycles. The predicted molar refractivity (Wildman–Crippen MR) is 54.0 cm³/mol. The Hall–Kier alpha value is -1.32. The minimum atomic E-state index is -0.424. The van der Waals surface area contributed by atoms with Gasteiger partial charge in [0, 0.05) is 0 Å². The van der Waals surface area contributed by atoms with Crippen LogP contribution in [0.25, 0.3) is 0 Å². The van der Waals surface area contributed by atoms with Crippen LogP contribution in [-0.2, 0) is 19.1 Å². The van der Waals surface area contributed by atoms with Crippen molar-refractivity contribution >= 4 is 11.9 Å². The third kappa shape index (κ3) is 2.03. The smallest absolute Gasteiger partial charge is 0.334 e. The number of hydrogen-bond acceptors (Lipinski definition) is 4. The summed E-state index contributed by atoms with van der Waals surface area (Å²) in [4.78, 5) is 23.0. The summed E-state index contributed by atoms with van der Waals surface area (Å²) < 4.78 is 9.35. The molecule has 0 aromatic carbocycles. The van der Waals surface area contributed by atoms with Crippen molar-refractivity contribution in [3.8, 4) is 0 Å². The fraction of sp³-hybridized carbons (Fsp3) is 0.636. The molecule has 0 spiro atoms. The quantitative estimate of drug-likeness (QED) is 0.647. The number of ether oxygens (including phenoxy) is 2. The number of hydrogen-bond donors (Lipinski definition) is 0. The largest absolute Gasteiger partial charge is 0.466 e. The predicted octanol–water partition coefficient (Wildman–Crippen LogP) is 1.30. The summed E-state index contributed by atoms with van der Waals surface area (Å²) in [6.07, 6.45) is 0.787. The minimum absolute atomic E-state index is 0.0570. The molecule has 1 rings (SSSR count). The van der Waals surface area contributed by atoms with E-state index < -0.39 is 11.9 Å². The van der Waals surface area contributed by atoms with Gasteiger partial charge in [-0.15, -0.1) is 0 Å². The van der Waals surface area contributed by atoms with Gasteiger partial charge in [-0.3, -0.25) is 0 Å². The van der Waals surface area contributed by atoms with Crippen LogP contribution in [0.5, 0.6) is 0 Å². The van der Waals surface area contributed by atoms with Gasteiger partial charge in [-0.1, -0.05) is 13.8 Å². The molecule has 0 saturated carbocycles. The Bertz CT molecular complexity index is 287. The van der Waals surface area contributed by atoms with Gasteiger partial charge >= 0.3 is 11.9 Å². The van der Waals surface area contributed by atoms with E-state index in [0.29, 0.717) is 11.1 Å². The molecule has 2 atom stereocenters. The van der Waals surface area contributed by atoms with E-state index in [4.69, 9.17) is 0 Å². The van der Waals surface area contributed by atoms with Crippen LogP contribution in [0.1, 0.15) is 20.3 Å². The molecule has 0 bridgehead atoms. The number of rotatable bonds is 2. The summed E-state index contributed by atoms with van der Waals surface area (Å²) in [5, 5.41) is 0. The number of carbonyl (C=O) groups is 2. The van der Waals surface area contributed by atoms with Crippen molar-refractivity contribution in [2.24, 2.45) is 11.8 Å². The van der Waals surface area contributed by atoms with E-state index in [1.165, 1.54) is 14.2 Å². The first kappa shape index (κ1) is 11.8. The maximum Gasteiger partial charge on any atom is 0.334 e. The second-order valence-electron chi connectivity index (χ2n) is 3.85. The van der Waals surface area contributed by atoms with Crippen LogP contribution < -0.4 is 0 Å². The van der Waals surface area contributed by atoms with Gasteiger partial charge in [0.1, 0.15) is 0 Å². The zero-order valence-electron chi connectivity index (χ0n) is 9.49. The molecule has 1 aliphatic rings. The molecule has 0 saturated heterocycles. The molecule has 4 nitrogen and oxygen atoms in total. The average molecular weight is 212 g/mol. The lowest BCUT2D eigenvalue weighted by Gasteiger charge is -2.08. The van der Waals surface area contributed by atoms with Crippen molar-refractivity contribution < 1.29 is 19.1 Å². The molecule has 0 fully saturated rings. The summed E-state index contributed by atoms with van der Waals surface area (Å²) >= 11 is 0. The Morgan fingerprint density at radius 3 is 1.60 bits per heavy atom. The fourth-order valence-corrected chi connectivity index (χ4v) is 2.14. The van der Waals surface area contributed by atoms with Crippen LogP contribution in [0, 0.1) is 11.8 Å². The second kappa shape index (κ2) is 4.47. The van der Waals surface area contributed by atoms with Gasteiger partial charge in [-0.2, -0.15) is 0 Å². The Balaban J connectivity index is 3.15. The first-order chi connectivity index (χ1) is 7.02. The van der Waals surface area contributed by atoms with Crippen LogP contribution in [-0.4, -0.2) is 26.2 Å². The Labute approximate surface area is 89.2 Å². The van der Waals surface area contributed by atoms with Crippen molar-refractivity contribution in [1.82, 2.24) is 0 Å². The monoisotopic (exact) mass is 212 g/mol. The highest BCUT2D eigenvalue weighted by molar-refractivity contribution is 6.01. The number of esters is 2. The molecule has 2 unspecified atom stereocenters. The maximum absolute atomic E-state index is 11.5. The normalized spacial score (nSPS) is 25.3. The van der Waals surface area contributed by atoms with Gasteiger partial charge in [-0.05, 0) is 18.3 Å². The molecule has 0 aromatic rings. The lowest BCUT2D eigenvalue weighted by molar-refractivity contribution is -0.139. The molecule has 0 radical (unpaired) electrons. The zero-order chi connectivity index (χ0) is 11.6. The first-order valence-electron chi connectivity index (χ1n) is 4.93. The Morgan fingerprint density at radius 1 is 1.00 bits per heavy atom. The molecule has 1 aliphatic carbocycles. The number of carbonyl (C=O) groups excluding carboxylic acids is 2. The van der Waals surface area contributed by atoms with E-state index in [1.807, 2.05) is 13.8 Å². The summed E-state index contributed by atoms with van der Waals surface area (Å²) in [6, 6.07) is 0. The molecular formula is C11H16O4. The molecule has 0 N–H and O–H groups in total. The van der Waals surface area contributed by atoms with Crippen molar-refractivity contribution in [2.75, 3.05) is 14.2 Å². The van der Waals surface area contributed by atoms with Crippen molar-refractivity contribution in [3.05, 3.63) is 11.1 Å². The van der Waals surface area contributed by atoms with E-state index in [-0.39, 0.29) is 11.8 Å². The van der Waals surface area contributed by atoms with Crippen LogP contribution >= 0.6 is 0 Å². The molecule has 4 heteroatoms. The van der Waals surface area contributed by atoms with Crippen molar-refractivity contribution in [2.45, 2.75) is 20.3 Å². The molecule has 0 heterocycles. The zero-order valence-corrected chi connectivity index (χ0v) is 9.49. The van der Waals surface area contributed by atoms with Crippen LogP contribution in [0.3, 0.4) is 0 Å². The van der Waals surface area contributed by atoms with Gasteiger partial charge in [-0.25, -0.2) is 9.59 Å². The van der Waals surface area contributed by atoms with E-state index in [0.717, 1.165) is 6.42 Å². The minimum Gasteiger partial charge on any atom is -0.466 e. The molecule has 0 amide bonds. The van der Waals surface area contributed by atoms with Crippen LogP contribution in [0.15, 0.2) is 11.1 Å². The summed E-state index contributed by atoms with van der Waals surface area (Å²) in [6.45, 7) is 3.83. The Morgan fingerprint density at radius 2 is 1.33 bits per heavy atom. The first-order valence-corrected chi connectivity index (χ1v) is 4.93. The summed E-state index contributed by atoms with van der Waals surface area (Å²) in [7, 11) is 2.64. The van der Waals surface area contributed by atoms with Crippen LogP contribution in [0.4, 0.5) is 0 Å². The van der Waals surface area contributed by atoms with E-state index in [9.17, 15) is 9.59 Å². The lowest BCUT2D eigenvalue weighted by atomic mass is 10.0. The molecule has 15 heavy (non-hydrogen) atoms. The Kier molecular flexibility index (Phi) is 3.50. The van der Waals surface area contributed by atoms with Gasteiger partial charge in [0.25, 0.3) is 0 Å². The molecular weight excluding hydrogens is 196 g/mol.